The molecule has 0 aromatic heterocycles. The molecule has 0 amide bonds. The van der Waals surface area contributed by atoms with Gasteiger partial charge < -0.3 is 9.47 Å². The van der Waals surface area contributed by atoms with E-state index < -0.39 is 0 Å². The van der Waals surface area contributed by atoms with Crippen LogP contribution in [0.15, 0.2) is 22.7 Å². The van der Waals surface area contributed by atoms with E-state index in [9.17, 15) is 0 Å². The van der Waals surface area contributed by atoms with E-state index in [1.807, 2.05) is 18.2 Å². The molecule has 108 valence electrons. The molecule has 1 aromatic rings. The van der Waals surface area contributed by atoms with Gasteiger partial charge >= 0.3 is 0 Å². The molecule has 19 heavy (non-hydrogen) atoms. The van der Waals surface area contributed by atoms with E-state index in [1.54, 1.807) is 7.11 Å². The lowest BCUT2D eigenvalue weighted by molar-refractivity contribution is 0.146. The summed E-state index contributed by atoms with van der Waals surface area (Å²) in [6.07, 6.45) is 2.13. The molecular weight excluding hydrogens is 328 g/mol. The molecule has 0 heterocycles. The summed E-state index contributed by atoms with van der Waals surface area (Å²) in [5, 5.41) is 0.0618. The van der Waals surface area contributed by atoms with Crippen LogP contribution in [-0.4, -0.2) is 20.3 Å². The number of hydrogen-bond acceptors (Lipinski definition) is 2. The van der Waals surface area contributed by atoms with Crippen LogP contribution in [0.4, 0.5) is 0 Å². The number of hydrogen-bond donors (Lipinski definition) is 0. The molecule has 0 aliphatic rings. The number of rotatable bonds is 8. The minimum Gasteiger partial charge on any atom is -0.490 e. The van der Waals surface area contributed by atoms with Crippen LogP contribution in [0.5, 0.6) is 5.75 Å². The van der Waals surface area contributed by atoms with Gasteiger partial charge in [-0.1, -0.05) is 19.9 Å². The van der Waals surface area contributed by atoms with Crippen molar-refractivity contribution < 1.29 is 9.47 Å². The molecule has 1 rings (SSSR count). The summed E-state index contributed by atoms with van der Waals surface area (Å²) in [7, 11) is 1.66. The smallest absolute Gasteiger partial charge is 0.133 e. The van der Waals surface area contributed by atoms with Crippen LogP contribution in [0.25, 0.3) is 0 Å². The second-order valence-electron chi connectivity index (χ2n) is 4.97. The number of methoxy groups -OCH3 is 1. The predicted octanol–water partition coefficient (Wildman–Crippen LogP) is 5.19. The van der Waals surface area contributed by atoms with Crippen LogP contribution in [-0.2, 0) is 4.74 Å². The number of halogens is 2. The Labute approximate surface area is 129 Å². The molecule has 2 nitrogen and oxygen atoms in total. The van der Waals surface area contributed by atoms with Gasteiger partial charge in [0, 0.05) is 7.11 Å². The van der Waals surface area contributed by atoms with Crippen LogP contribution < -0.4 is 4.74 Å². The van der Waals surface area contributed by atoms with Crippen molar-refractivity contribution in [3.05, 3.63) is 28.2 Å². The van der Waals surface area contributed by atoms with Crippen LogP contribution >= 0.6 is 27.5 Å². The number of alkyl halides is 1. The normalized spacial score (nSPS) is 12.7. The zero-order valence-electron chi connectivity index (χ0n) is 11.8. The summed E-state index contributed by atoms with van der Waals surface area (Å²) in [6.45, 7) is 5.56. The minimum atomic E-state index is 0.0618. The lowest BCUT2D eigenvalue weighted by Crippen LogP contribution is -2.05. The molecule has 0 spiro atoms. The highest BCUT2D eigenvalue weighted by Gasteiger charge is 2.11. The van der Waals surface area contributed by atoms with Gasteiger partial charge in [0.25, 0.3) is 0 Å². The van der Waals surface area contributed by atoms with Gasteiger partial charge in [0.2, 0.25) is 0 Å². The monoisotopic (exact) mass is 348 g/mol. The maximum Gasteiger partial charge on any atom is 0.133 e. The van der Waals surface area contributed by atoms with Crippen molar-refractivity contribution in [1.82, 2.24) is 0 Å². The Kier molecular flexibility index (Phi) is 7.81. The molecule has 0 radical (unpaired) electrons. The fraction of sp³-hybridized carbons (Fsp3) is 0.600. The van der Waals surface area contributed by atoms with E-state index >= 15 is 0 Å². The number of benzene rings is 1. The third-order valence-corrected chi connectivity index (χ3v) is 3.95. The highest BCUT2D eigenvalue weighted by atomic mass is 79.9. The van der Waals surface area contributed by atoms with Crippen molar-refractivity contribution in [2.45, 2.75) is 32.1 Å². The average molecular weight is 350 g/mol. The molecule has 0 saturated heterocycles. The topological polar surface area (TPSA) is 18.5 Å². The van der Waals surface area contributed by atoms with Gasteiger partial charge in [0.15, 0.2) is 0 Å². The summed E-state index contributed by atoms with van der Waals surface area (Å²) < 4.78 is 11.5. The first-order chi connectivity index (χ1) is 9.04. The lowest BCUT2D eigenvalue weighted by Gasteiger charge is -2.14. The van der Waals surface area contributed by atoms with E-state index in [-0.39, 0.29) is 5.38 Å². The van der Waals surface area contributed by atoms with E-state index in [0.29, 0.717) is 19.1 Å². The Bertz CT molecular complexity index is 382. The molecule has 0 aliphatic heterocycles. The van der Waals surface area contributed by atoms with Gasteiger partial charge in [-0.25, -0.2) is 0 Å². The van der Waals surface area contributed by atoms with Crippen molar-refractivity contribution in [3.8, 4) is 5.75 Å². The Morgan fingerprint density at radius 3 is 2.53 bits per heavy atom. The summed E-state index contributed by atoms with van der Waals surface area (Å²) in [5.74, 6) is 1.51. The fourth-order valence-corrected chi connectivity index (χ4v) is 2.48. The van der Waals surface area contributed by atoms with Gasteiger partial charge in [-0.15, -0.1) is 11.6 Å². The van der Waals surface area contributed by atoms with Crippen LogP contribution in [0.2, 0.25) is 0 Å². The maximum atomic E-state index is 6.42. The first kappa shape index (κ1) is 16.8. The SMILES string of the molecule is COCCOc1ccc(C(Cl)CCC(C)C)cc1Br. The third kappa shape index (κ3) is 6.15. The molecule has 1 unspecified atom stereocenters. The average Bonchev–Trinajstić information content (AvgIpc) is 2.38. The molecule has 1 atom stereocenters. The van der Waals surface area contributed by atoms with Gasteiger partial charge in [0.05, 0.1) is 16.5 Å². The fourth-order valence-electron chi connectivity index (χ4n) is 1.71. The predicted molar refractivity (Wildman–Crippen MR) is 84.2 cm³/mol. The second kappa shape index (κ2) is 8.83. The van der Waals surface area contributed by atoms with Crippen molar-refractivity contribution in [3.63, 3.8) is 0 Å². The quantitative estimate of drug-likeness (QED) is 0.475. The maximum absolute atomic E-state index is 6.42. The summed E-state index contributed by atoms with van der Waals surface area (Å²) in [5.41, 5.74) is 1.13. The van der Waals surface area contributed by atoms with Gasteiger partial charge in [-0.2, -0.15) is 0 Å². The van der Waals surface area contributed by atoms with Crippen molar-refractivity contribution in [1.29, 1.82) is 0 Å². The highest BCUT2D eigenvalue weighted by Crippen LogP contribution is 2.33. The zero-order valence-corrected chi connectivity index (χ0v) is 14.1. The Balaban J connectivity index is 2.59. The van der Waals surface area contributed by atoms with Gasteiger partial charge in [-0.05, 0) is 52.4 Å². The molecule has 4 heteroatoms. The van der Waals surface area contributed by atoms with Gasteiger partial charge in [0.1, 0.15) is 12.4 Å². The Hall–Kier alpha value is -0.250. The van der Waals surface area contributed by atoms with Crippen LogP contribution in [0.3, 0.4) is 0 Å². The Morgan fingerprint density at radius 2 is 1.95 bits per heavy atom. The Morgan fingerprint density at radius 1 is 1.21 bits per heavy atom. The molecule has 0 fully saturated rings. The first-order valence-corrected chi connectivity index (χ1v) is 7.82. The molecule has 0 aliphatic carbocycles. The highest BCUT2D eigenvalue weighted by molar-refractivity contribution is 9.10. The van der Waals surface area contributed by atoms with E-state index in [0.717, 1.165) is 28.6 Å². The second-order valence-corrected chi connectivity index (χ2v) is 6.35. The first-order valence-electron chi connectivity index (χ1n) is 6.59. The minimum absolute atomic E-state index is 0.0618. The largest absolute Gasteiger partial charge is 0.490 e. The van der Waals surface area contributed by atoms with Crippen molar-refractivity contribution in [2.24, 2.45) is 5.92 Å². The number of ether oxygens (including phenoxy) is 2. The van der Waals surface area contributed by atoms with E-state index in [4.69, 9.17) is 21.1 Å². The van der Waals surface area contributed by atoms with Crippen LogP contribution in [0, 0.1) is 5.92 Å². The molecule has 0 bridgehead atoms. The zero-order chi connectivity index (χ0) is 14.3. The third-order valence-electron chi connectivity index (χ3n) is 2.86. The van der Waals surface area contributed by atoms with Crippen LogP contribution in [0.1, 0.15) is 37.6 Å². The molecule has 1 aromatic carbocycles. The van der Waals surface area contributed by atoms with E-state index in [2.05, 4.69) is 29.8 Å². The van der Waals surface area contributed by atoms with Crippen molar-refractivity contribution >= 4 is 27.5 Å². The van der Waals surface area contributed by atoms with E-state index in [1.165, 1.54) is 0 Å². The standard InChI is InChI=1S/C15H22BrClO2/c1-11(2)4-6-14(17)12-5-7-15(13(16)10-12)19-9-8-18-3/h5,7,10-11,14H,4,6,8-9H2,1-3H3. The van der Waals surface area contributed by atoms with Crippen molar-refractivity contribution in [2.75, 3.05) is 20.3 Å². The molecular formula is C15H22BrClO2. The summed E-state index contributed by atoms with van der Waals surface area (Å²) in [4.78, 5) is 0. The van der Waals surface area contributed by atoms with Gasteiger partial charge in [-0.3, -0.25) is 0 Å². The lowest BCUT2D eigenvalue weighted by atomic mass is 10.0. The molecule has 0 N–H and O–H groups in total. The summed E-state index contributed by atoms with van der Waals surface area (Å²) in [6, 6.07) is 6.03. The molecule has 0 saturated carbocycles. The summed E-state index contributed by atoms with van der Waals surface area (Å²) >= 11 is 9.94.